The molecular weight excluding hydrogens is 334 g/mol. The third kappa shape index (κ3) is 3.36. The van der Waals surface area contributed by atoms with Crippen molar-refractivity contribution in [1.82, 2.24) is 10.3 Å². The van der Waals surface area contributed by atoms with Crippen molar-refractivity contribution in [3.05, 3.63) is 54.9 Å². The fraction of sp³-hybridized carbons (Fsp3) is 0.0909. The molecule has 0 unspecified atom stereocenters. The summed E-state index contributed by atoms with van der Waals surface area (Å²) in [5.74, 6) is -0.386. The molecule has 0 saturated carbocycles. The second-order valence-electron chi connectivity index (χ2n) is 3.58. The molecule has 98 valence electrons. The number of aromatic nitrogens is 1. The standard InChI is InChI=1S/C11H8BrN3O3S/c12-10-2-1-8(15(17)18)3-9(10)11(16)13-4-7-5-19-6-14-7/h1-3,5-6H,4H2,(H,13,16). The van der Waals surface area contributed by atoms with E-state index in [1.165, 1.54) is 29.5 Å². The fourth-order valence-electron chi connectivity index (χ4n) is 1.39. The van der Waals surface area contributed by atoms with E-state index in [2.05, 4.69) is 26.2 Å². The van der Waals surface area contributed by atoms with Gasteiger partial charge < -0.3 is 5.32 Å². The molecule has 1 amide bonds. The number of nitro groups is 1. The molecule has 0 bridgehead atoms. The molecule has 0 fully saturated rings. The number of halogens is 1. The molecule has 8 heteroatoms. The van der Waals surface area contributed by atoms with Gasteiger partial charge in [0.2, 0.25) is 0 Å². The molecule has 1 aromatic carbocycles. The molecule has 1 aromatic heterocycles. The number of nitro benzene ring substituents is 1. The van der Waals surface area contributed by atoms with Crippen LogP contribution >= 0.6 is 27.3 Å². The summed E-state index contributed by atoms with van der Waals surface area (Å²) in [6.07, 6.45) is 0. The molecule has 0 saturated heterocycles. The Bertz CT molecular complexity index is 616. The lowest BCUT2D eigenvalue weighted by molar-refractivity contribution is -0.384. The molecule has 0 aliphatic carbocycles. The van der Waals surface area contributed by atoms with Gasteiger partial charge in [-0.25, -0.2) is 4.98 Å². The molecule has 1 N–H and O–H groups in total. The number of thiazole rings is 1. The van der Waals surface area contributed by atoms with Crippen molar-refractivity contribution >= 4 is 38.9 Å². The van der Waals surface area contributed by atoms with Gasteiger partial charge in [0.25, 0.3) is 11.6 Å². The number of rotatable bonds is 4. The molecule has 6 nitrogen and oxygen atoms in total. The number of hydrogen-bond donors (Lipinski definition) is 1. The average molecular weight is 342 g/mol. The van der Waals surface area contributed by atoms with Crippen LogP contribution in [0.5, 0.6) is 0 Å². The number of amides is 1. The fourth-order valence-corrected chi connectivity index (χ4v) is 2.38. The highest BCUT2D eigenvalue weighted by atomic mass is 79.9. The third-order valence-corrected chi connectivity index (χ3v) is 3.65. The van der Waals surface area contributed by atoms with Gasteiger partial charge in [-0.1, -0.05) is 0 Å². The van der Waals surface area contributed by atoms with E-state index in [1.54, 1.807) is 5.51 Å². The number of nitrogens with one attached hydrogen (secondary N) is 1. The summed E-state index contributed by atoms with van der Waals surface area (Å²) in [6.45, 7) is 0.289. The van der Waals surface area contributed by atoms with Crippen LogP contribution in [0.25, 0.3) is 0 Å². The number of carbonyl (C=O) groups is 1. The van der Waals surface area contributed by atoms with Gasteiger partial charge in [0, 0.05) is 22.0 Å². The second-order valence-corrected chi connectivity index (χ2v) is 5.16. The van der Waals surface area contributed by atoms with E-state index in [0.29, 0.717) is 4.47 Å². The lowest BCUT2D eigenvalue weighted by Crippen LogP contribution is -2.23. The molecule has 2 rings (SSSR count). The SMILES string of the molecule is O=C(NCc1cscn1)c1cc([N+](=O)[O-])ccc1Br. The predicted octanol–water partition coefficient (Wildman–Crippen LogP) is 2.74. The van der Waals surface area contributed by atoms with E-state index >= 15 is 0 Å². The molecule has 0 spiro atoms. The Morgan fingerprint density at radius 3 is 2.95 bits per heavy atom. The number of nitrogens with zero attached hydrogens (tertiary/aromatic N) is 2. The predicted molar refractivity (Wildman–Crippen MR) is 74.1 cm³/mol. The number of benzene rings is 1. The van der Waals surface area contributed by atoms with Crippen molar-refractivity contribution in [1.29, 1.82) is 0 Å². The highest BCUT2D eigenvalue weighted by Crippen LogP contribution is 2.22. The highest BCUT2D eigenvalue weighted by Gasteiger charge is 2.15. The van der Waals surface area contributed by atoms with Crippen LogP contribution in [0, 0.1) is 10.1 Å². The third-order valence-electron chi connectivity index (χ3n) is 2.32. The monoisotopic (exact) mass is 341 g/mol. The van der Waals surface area contributed by atoms with Crippen LogP contribution in [-0.4, -0.2) is 15.8 Å². The molecule has 0 atom stereocenters. The molecular formula is C11H8BrN3O3S. The Morgan fingerprint density at radius 1 is 1.53 bits per heavy atom. The first kappa shape index (κ1) is 13.6. The van der Waals surface area contributed by atoms with Gasteiger partial charge in [0.1, 0.15) is 0 Å². The van der Waals surface area contributed by atoms with Crippen LogP contribution in [0.1, 0.15) is 16.1 Å². The lowest BCUT2D eigenvalue weighted by atomic mass is 10.2. The van der Waals surface area contributed by atoms with Crippen LogP contribution in [0.2, 0.25) is 0 Å². The van der Waals surface area contributed by atoms with Crippen molar-refractivity contribution in [3.63, 3.8) is 0 Å². The zero-order chi connectivity index (χ0) is 13.8. The van der Waals surface area contributed by atoms with Gasteiger partial charge in [-0.2, -0.15) is 0 Å². The van der Waals surface area contributed by atoms with Gasteiger partial charge in [-0.15, -0.1) is 11.3 Å². The van der Waals surface area contributed by atoms with Gasteiger partial charge in [0.05, 0.1) is 28.2 Å². The number of hydrogen-bond acceptors (Lipinski definition) is 5. The average Bonchev–Trinajstić information content (AvgIpc) is 2.89. The molecule has 2 aromatic rings. The Labute approximate surface area is 120 Å². The topological polar surface area (TPSA) is 85.1 Å². The summed E-state index contributed by atoms with van der Waals surface area (Å²) in [5.41, 5.74) is 2.52. The number of carbonyl (C=O) groups excluding carboxylic acids is 1. The summed E-state index contributed by atoms with van der Waals surface area (Å²) >= 11 is 4.64. The van der Waals surface area contributed by atoms with Crippen LogP contribution < -0.4 is 5.32 Å². The van der Waals surface area contributed by atoms with E-state index < -0.39 is 4.92 Å². The van der Waals surface area contributed by atoms with Crippen LogP contribution in [0.3, 0.4) is 0 Å². The van der Waals surface area contributed by atoms with Crippen molar-refractivity contribution in [2.75, 3.05) is 0 Å². The largest absolute Gasteiger partial charge is 0.346 e. The van der Waals surface area contributed by atoms with E-state index in [0.717, 1.165) is 5.69 Å². The highest BCUT2D eigenvalue weighted by molar-refractivity contribution is 9.10. The summed E-state index contributed by atoms with van der Waals surface area (Å²) in [5, 5.41) is 15.2. The van der Waals surface area contributed by atoms with Crippen molar-refractivity contribution in [3.8, 4) is 0 Å². The Balaban J connectivity index is 2.14. The van der Waals surface area contributed by atoms with Gasteiger partial charge in [0.15, 0.2) is 0 Å². The van der Waals surface area contributed by atoms with Gasteiger partial charge in [-0.05, 0) is 22.0 Å². The first-order valence-electron chi connectivity index (χ1n) is 5.17. The summed E-state index contributed by atoms with van der Waals surface area (Å²) in [7, 11) is 0. The summed E-state index contributed by atoms with van der Waals surface area (Å²) in [6, 6.07) is 4.05. The zero-order valence-corrected chi connectivity index (χ0v) is 11.9. The summed E-state index contributed by atoms with van der Waals surface area (Å²) in [4.78, 5) is 26.1. The van der Waals surface area contributed by atoms with E-state index in [-0.39, 0.29) is 23.7 Å². The van der Waals surface area contributed by atoms with Crippen molar-refractivity contribution in [2.45, 2.75) is 6.54 Å². The Kier molecular flexibility index (Phi) is 4.23. The van der Waals surface area contributed by atoms with Crippen LogP contribution in [-0.2, 0) is 6.54 Å². The molecule has 19 heavy (non-hydrogen) atoms. The first-order valence-corrected chi connectivity index (χ1v) is 6.90. The Morgan fingerprint density at radius 2 is 2.32 bits per heavy atom. The van der Waals surface area contributed by atoms with Gasteiger partial charge >= 0.3 is 0 Å². The van der Waals surface area contributed by atoms with E-state index in [9.17, 15) is 14.9 Å². The molecule has 0 radical (unpaired) electrons. The first-order chi connectivity index (χ1) is 9.08. The Hall–Kier alpha value is -1.80. The van der Waals surface area contributed by atoms with Gasteiger partial charge in [-0.3, -0.25) is 14.9 Å². The minimum absolute atomic E-state index is 0.123. The molecule has 1 heterocycles. The lowest BCUT2D eigenvalue weighted by Gasteiger charge is -2.05. The minimum Gasteiger partial charge on any atom is -0.346 e. The minimum atomic E-state index is -0.538. The van der Waals surface area contributed by atoms with E-state index in [1.807, 2.05) is 5.38 Å². The normalized spacial score (nSPS) is 10.2. The quantitative estimate of drug-likeness (QED) is 0.684. The number of non-ortho nitro benzene ring substituents is 1. The zero-order valence-electron chi connectivity index (χ0n) is 9.50. The maximum atomic E-state index is 11.9. The maximum absolute atomic E-state index is 11.9. The van der Waals surface area contributed by atoms with Crippen LogP contribution in [0.4, 0.5) is 5.69 Å². The summed E-state index contributed by atoms with van der Waals surface area (Å²) < 4.78 is 0.508. The molecule has 0 aliphatic heterocycles. The second kappa shape index (κ2) is 5.89. The smallest absolute Gasteiger partial charge is 0.270 e. The van der Waals surface area contributed by atoms with Crippen molar-refractivity contribution < 1.29 is 9.72 Å². The van der Waals surface area contributed by atoms with Crippen LogP contribution in [0.15, 0.2) is 33.6 Å². The molecule has 0 aliphatic rings. The van der Waals surface area contributed by atoms with E-state index in [4.69, 9.17) is 0 Å². The maximum Gasteiger partial charge on any atom is 0.270 e. The van der Waals surface area contributed by atoms with Crippen molar-refractivity contribution in [2.24, 2.45) is 0 Å².